The zero-order valence-corrected chi connectivity index (χ0v) is 16.6. The number of hydrogen-bond acceptors (Lipinski definition) is 3. The van der Waals surface area contributed by atoms with Gasteiger partial charge >= 0.3 is 0 Å². The van der Waals surface area contributed by atoms with Crippen molar-refractivity contribution in [1.29, 1.82) is 0 Å². The summed E-state index contributed by atoms with van der Waals surface area (Å²) in [6.45, 7) is 7.03. The number of hydrogen-bond donors (Lipinski definition) is 1. The van der Waals surface area contributed by atoms with Crippen molar-refractivity contribution in [2.45, 2.75) is 52.7 Å². The van der Waals surface area contributed by atoms with Crippen LogP contribution < -0.4 is 14.8 Å². The van der Waals surface area contributed by atoms with E-state index in [2.05, 4.69) is 18.3 Å². The van der Waals surface area contributed by atoms with Crippen LogP contribution in [0.3, 0.4) is 0 Å². The predicted molar refractivity (Wildman–Crippen MR) is 109 cm³/mol. The monoisotopic (exact) mass is 375 g/mol. The molecule has 0 fully saturated rings. The van der Waals surface area contributed by atoms with E-state index >= 15 is 0 Å². The van der Waals surface area contributed by atoms with Gasteiger partial charge in [0.1, 0.15) is 6.61 Å². The molecule has 2 aromatic carbocycles. The molecular weight excluding hydrogens is 346 g/mol. The van der Waals surface area contributed by atoms with E-state index in [1.807, 2.05) is 43.3 Å². The zero-order chi connectivity index (χ0) is 18.6. The lowest BCUT2D eigenvalue weighted by atomic mass is 10.1. The number of halogens is 1. The van der Waals surface area contributed by atoms with Gasteiger partial charge in [0.15, 0.2) is 11.5 Å². The number of rotatable bonds is 12. The van der Waals surface area contributed by atoms with Gasteiger partial charge in [-0.3, -0.25) is 0 Å². The summed E-state index contributed by atoms with van der Waals surface area (Å²) >= 11 is 6.25. The number of benzene rings is 2. The van der Waals surface area contributed by atoms with Gasteiger partial charge in [0, 0.05) is 22.7 Å². The Kier molecular flexibility index (Phi) is 9.36. The number of unbranched alkanes of at least 4 members (excludes halogenated alkanes) is 3. The Bertz CT molecular complexity index is 660. The Morgan fingerprint density at radius 3 is 2.46 bits per heavy atom. The lowest BCUT2D eigenvalue weighted by Gasteiger charge is -2.17. The van der Waals surface area contributed by atoms with Crippen molar-refractivity contribution >= 4 is 11.6 Å². The second kappa shape index (κ2) is 11.8. The Hall–Kier alpha value is -1.71. The normalized spacial score (nSPS) is 10.7. The van der Waals surface area contributed by atoms with Gasteiger partial charge in [0.25, 0.3) is 0 Å². The molecule has 0 bridgehead atoms. The quantitative estimate of drug-likeness (QED) is 0.462. The second-order valence-electron chi connectivity index (χ2n) is 6.29. The lowest BCUT2D eigenvalue weighted by molar-refractivity contribution is 0.266. The van der Waals surface area contributed by atoms with Gasteiger partial charge in [-0.15, -0.1) is 0 Å². The Balaban J connectivity index is 2.02. The van der Waals surface area contributed by atoms with E-state index in [0.29, 0.717) is 13.2 Å². The van der Waals surface area contributed by atoms with E-state index in [9.17, 15) is 0 Å². The van der Waals surface area contributed by atoms with Crippen molar-refractivity contribution in [3.63, 3.8) is 0 Å². The molecule has 0 saturated heterocycles. The minimum atomic E-state index is 0.424. The van der Waals surface area contributed by atoms with E-state index in [0.717, 1.165) is 40.7 Å². The molecule has 3 nitrogen and oxygen atoms in total. The summed E-state index contributed by atoms with van der Waals surface area (Å²) in [5.74, 6) is 1.58. The smallest absolute Gasteiger partial charge is 0.166 e. The third-order valence-corrected chi connectivity index (χ3v) is 4.58. The fraction of sp³-hybridized carbons (Fsp3) is 0.455. The fourth-order valence-electron chi connectivity index (χ4n) is 2.80. The van der Waals surface area contributed by atoms with E-state index in [4.69, 9.17) is 21.1 Å². The van der Waals surface area contributed by atoms with Crippen LogP contribution in [0.5, 0.6) is 11.5 Å². The number of ether oxygens (including phenoxy) is 2. The molecule has 142 valence electrons. The first kappa shape index (κ1) is 20.6. The maximum atomic E-state index is 6.25. The largest absolute Gasteiger partial charge is 0.490 e. The highest BCUT2D eigenvalue weighted by atomic mass is 35.5. The lowest BCUT2D eigenvalue weighted by Crippen LogP contribution is -2.16. The molecule has 0 saturated carbocycles. The van der Waals surface area contributed by atoms with Crippen molar-refractivity contribution in [1.82, 2.24) is 5.32 Å². The minimum absolute atomic E-state index is 0.424. The maximum absolute atomic E-state index is 6.25. The molecule has 0 aliphatic carbocycles. The Morgan fingerprint density at radius 2 is 1.69 bits per heavy atom. The van der Waals surface area contributed by atoms with Crippen LogP contribution in [0.2, 0.25) is 5.02 Å². The molecule has 26 heavy (non-hydrogen) atoms. The van der Waals surface area contributed by atoms with Crippen LogP contribution in [0.15, 0.2) is 42.5 Å². The molecule has 0 aliphatic heterocycles. The van der Waals surface area contributed by atoms with Crippen LogP contribution in [0.1, 0.15) is 50.7 Å². The molecule has 1 N–H and O–H groups in total. The van der Waals surface area contributed by atoms with Crippen LogP contribution in [-0.2, 0) is 13.2 Å². The highest BCUT2D eigenvalue weighted by Crippen LogP contribution is 2.32. The van der Waals surface area contributed by atoms with Gasteiger partial charge in [-0.2, -0.15) is 0 Å². The summed E-state index contributed by atoms with van der Waals surface area (Å²) in [7, 11) is 0. The maximum Gasteiger partial charge on any atom is 0.166 e. The summed E-state index contributed by atoms with van der Waals surface area (Å²) in [4.78, 5) is 0. The molecule has 0 spiro atoms. The Morgan fingerprint density at radius 1 is 0.885 bits per heavy atom. The topological polar surface area (TPSA) is 30.5 Å². The van der Waals surface area contributed by atoms with Crippen LogP contribution in [0, 0.1) is 0 Å². The van der Waals surface area contributed by atoms with Gasteiger partial charge in [-0.1, -0.05) is 68.1 Å². The van der Waals surface area contributed by atoms with Gasteiger partial charge in [-0.05, 0) is 32.0 Å². The summed E-state index contributed by atoms with van der Waals surface area (Å²) in [5.41, 5.74) is 2.08. The van der Waals surface area contributed by atoms with Crippen LogP contribution in [0.25, 0.3) is 0 Å². The van der Waals surface area contributed by atoms with Crippen LogP contribution in [-0.4, -0.2) is 13.2 Å². The average molecular weight is 376 g/mol. The second-order valence-corrected chi connectivity index (χ2v) is 6.70. The summed E-state index contributed by atoms with van der Waals surface area (Å²) in [6.07, 6.45) is 5.04. The molecule has 0 radical (unpaired) electrons. The zero-order valence-electron chi connectivity index (χ0n) is 15.9. The highest BCUT2D eigenvalue weighted by molar-refractivity contribution is 6.31. The van der Waals surface area contributed by atoms with Crippen molar-refractivity contribution in [2.75, 3.05) is 13.2 Å². The van der Waals surface area contributed by atoms with Gasteiger partial charge in [0.2, 0.25) is 0 Å². The number of para-hydroxylation sites is 1. The third-order valence-electron chi connectivity index (χ3n) is 4.21. The average Bonchev–Trinajstić information content (AvgIpc) is 2.65. The van der Waals surface area contributed by atoms with E-state index in [1.54, 1.807) is 0 Å². The van der Waals surface area contributed by atoms with Crippen molar-refractivity contribution in [2.24, 2.45) is 0 Å². The first-order valence-corrected chi connectivity index (χ1v) is 9.95. The molecule has 2 aromatic rings. The van der Waals surface area contributed by atoms with Gasteiger partial charge < -0.3 is 14.8 Å². The molecule has 0 aliphatic rings. The molecule has 0 unspecified atom stereocenters. The van der Waals surface area contributed by atoms with E-state index < -0.39 is 0 Å². The van der Waals surface area contributed by atoms with Crippen molar-refractivity contribution in [3.05, 3.63) is 58.6 Å². The summed E-state index contributed by atoms with van der Waals surface area (Å²) < 4.78 is 11.9. The summed E-state index contributed by atoms with van der Waals surface area (Å²) in [5, 5.41) is 4.24. The molecular formula is C22H30ClNO2. The standard InChI is InChI=1S/C22H30ClNO2/c1-3-5-6-9-15-24-16-18-12-10-14-21(25-4-2)22(18)26-17-19-11-7-8-13-20(19)23/h7-8,10-14,24H,3-6,9,15-17H2,1-2H3. The summed E-state index contributed by atoms with van der Waals surface area (Å²) in [6, 6.07) is 13.8. The first-order chi connectivity index (χ1) is 12.8. The highest BCUT2D eigenvalue weighted by Gasteiger charge is 2.12. The molecule has 2 rings (SSSR count). The minimum Gasteiger partial charge on any atom is -0.490 e. The van der Waals surface area contributed by atoms with Crippen molar-refractivity contribution < 1.29 is 9.47 Å². The van der Waals surface area contributed by atoms with Crippen LogP contribution >= 0.6 is 11.6 Å². The van der Waals surface area contributed by atoms with E-state index in [-0.39, 0.29) is 0 Å². The first-order valence-electron chi connectivity index (χ1n) is 9.57. The van der Waals surface area contributed by atoms with Crippen molar-refractivity contribution in [3.8, 4) is 11.5 Å². The fourth-order valence-corrected chi connectivity index (χ4v) is 2.99. The van der Waals surface area contributed by atoms with Gasteiger partial charge in [-0.25, -0.2) is 0 Å². The van der Waals surface area contributed by atoms with Gasteiger partial charge in [0.05, 0.1) is 6.61 Å². The molecule has 4 heteroatoms. The predicted octanol–water partition coefficient (Wildman–Crippen LogP) is 5.99. The molecule has 0 amide bonds. The van der Waals surface area contributed by atoms with E-state index in [1.165, 1.54) is 25.7 Å². The molecule has 0 heterocycles. The molecule has 0 aromatic heterocycles. The van der Waals surface area contributed by atoms with Crippen LogP contribution in [0.4, 0.5) is 0 Å². The Labute approximate surface area is 162 Å². The number of nitrogens with one attached hydrogen (secondary N) is 1. The SMILES string of the molecule is CCCCCCNCc1cccc(OCC)c1OCc1ccccc1Cl. The molecule has 0 atom stereocenters. The third kappa shape index (κ3) is 6.54.